The van der Waals surface area contributed by atoms with Crippen LogP contribution in [0.5, 0.6) is 0 Å². The van der Waals surface area contributed by atoms with Crippen LogP contribution in [0.25, 0.3) is 0 Å². The van der Waals surface area contributed by atoms with Gasteiger partial charge in [0.2, 0.25) is 0 Å². The molecule has 0 saturated carbocycles. The van der Waals surface area contributed by atoms with E-state index in [9.17, 15) is 0 Å². The first-order valence-corrected chi connectivity index (χ1v) is 5.10. The zero-order chi connectivity index (χ0) is 9.80. The van der Waals surface area contributed by atoms with Crippen LogP contribution in [-0.4, -0.2) is 24.7 Å². The van der Waals surface area contributed by atoms with Gasteiger partial charge < -0.3 is 10.1 Å². The molecule has 1 atom stereocenters. The molecule has 1 saturated heterocycles. The highest BCUT2D eigenvalue weighted by Crippen LogP contribution is 2.14. The molecule has 14 heavy (non-hydrogen) atoms. The van der Waals surface area contributed by atoms with Crippen LogP contribution in [0.1, 0.15) is 23.7 Å². The molecule has 0 bridgehead atoms. The summed E-state index contributed by atoms with van der Waals surface area (Å²) in [6, 6.07) is 4.47. The molecule has 3 nitrogen and oxygen atoms in total. The number of hydrogen-bond acceptors (Lipinski definition) is 3. The van der Waals surface area contributed by atoms with Gasteiger partial charge in [-0.15, -0.1) is 0 Å². The van der Waals surface area contributed by atoms with Gasteiger partial charge in [0, 0.05) is 18.5 Å². The molecule has 1 unspecified atom stereocenters. The molecule has 1 fully saturated rings. The lowest BCUT2D eigenvalue weighted by atomic mass is 10.1. The summed E-state index contributed by atoms with van der Waals surface area (Å²) in [5.74, 6) is 0. The molecule has 0 radical (unpaired) electrons. The molecule has 1 aliphatic heterocycles. The number of hydrogen-bond donors (Lipinski definition) is 1. The predicted molar refractivity (Wildman–Crippen MR) is 55.2 cm³/mol. The Hall–Kier alpha value is -0.930. The number of aromatic nitrogens is 1. The fraction of sp³-hybridized carbons (Fsp3) is 0.545. The predicted octanol–water partition coefficient (Wildman–Crippen LogP) is 1.44. The Kier molecular flexibility index (Phi) is 3.11. The van der Waals surface area contributed by atoms with Crippen molar-refractivity contribution in [3.05, 3.63) is 29.6 Å². The average Bonchev–Trinajstić information content (AvgIpc) is 2.47. The van der Waals surface area contributed by atoms with Crippen molar-refractivity contribution in [3.8, 4) is 0 Å². The summed E-state index contributed by atoms with van der Waals surface area (Å²) < 4.78 is 5.50. The van der Waals surface area contributed by atoms with Gasteiger partial charge in [-0.3, -0.25) is 4.98 Å². The van der Waals surface area contributed by atoms with Crippen molar-refractivity contribution in [2.24, 2.45) is 0 Å². The van der Waals surface area contributed by atoms with Crippen molar-refractivity contribution >= 4 is 0 Å². The highest BCUT2D eigenvalue weighted by molar-refractivity contribution is 5.17. The molecule has 2 heterocycles. The molecule has 0 aromatic carbocycles. The van der Waals surface area contributed by atoms with E-state index in [-0.39, 0.29) is 0 Å². The van der Waals surface area contributed by atoms with E-state index in [0.717, 1.165) is 31.9 Å². The number of ether oxygens (including phenoxy) is 1. The SMILES string of the molecule is Cc1ccc(C2COCCCN2)cn1. The van der Waals surface area contributed by atoms with Gasteiger partial charge in [0.25, 0.3) is 0 Å². The molecule has 2 rings (SSSR count). The fourth-order valence-electron chi connectivity index (χ4n) is 1.61. The second kappa shape index (κ2) is 4.53. The maximum absolute atomic E-state index is 5.50. The van der Waals surface area contributed by atoms with E-state index in [1.165, 1.54) is 5.56 Å². The summed E-state index contributed by atoms with van der Waals surface area (Å²) in [5.41, 5.74) is 2.28. The van der Waals surface area contributed by atoms with E-state index in [1.807, 2.05) is 19.2 Å². The third-order valence-corrected chi connectivity index (χ3v) is 2.48. The van der Waals surface area contributed by atoms with Gasteiger partial charge in [-0.2, -0.15) is 0 Å². The van der Waals surface area contributed by atoms with Crippen LogP contribution in [0.15, 0.2) is 18.3 Å². The molecule has 3 heteroatoms. The number of aryl methyl sites for hydroxylation is 1. The molecule has 1 aliphatic rings. The maximum Gasteiger partial charge on any atom is 0.0662 e. The van der Waals surface area contributed by atoms with Crippen molar-refractivity contribution in [3.63, 3.8) is 0 Å². The maximum atomic E-state index is 5.50. The second-order valence-electron chi connectivity index (χ2n) is 3.67. The van der Waals surface area contributed by atoms with Crippen molar-refractivity contribution in [1.82, 2.24) is 10.3 Å². The standard InChI is InChI=1S/C11H16N2O/c1-9-3-4-10(7-13-9)11-8-14-6-2-5-12-11/h3-4,7,11-12H,2,5-6,8H2,1H3. The molecule has 0 aliphatic carbocycles. The molecule has 1 aromatic rings. The molecule has 0 amide bonds. The van der Waals surface area contributed by atoms with E-state index in [4.69, 9.17) is 4.74 Å². The Morgan fingerprint density at radius 2 is 2.43 bits per heavy atom. The zero-order valence-electron chi connectivity index (χ0n) is 8.49. The molecular weight excluding hydrogens is 176 g/mol. The van der Waals surface area contributed by atoms with Gasteiger partial charge in [-0.05, 0) is 31.5 Å². The summed E-state index contributed by atoms with van der Waals surface area (Å²) in [6.07, 6.45) is 3.03. The van der Waals surface area contributed by atoms with Gasteiger partial charge >= 0.3 is 0 Å². The van der Waals surface area contributed by atoms with E-state index in [2.05, 4.69) is 16.4 Å². The second-order valence-corrected chi connectivity index (χ2v) is 3.67. The average molecular weight is 192 g/mol. The van der Waals surface area contributed by atoms with Gasteiger partial charge in [0.15, 0.2) is 0 Å². The normalized spacial score (nSPS) is 23.1. The Balaban J connectivity index is 2.08. The summed E-state index contributed by atoms with van der Waals surface area (Å²) >= 11 is 0. The highest BCUT2D eigenvalue weighted by atomic mass is 16.5. The first kappa shape index (κ1) is 9.62. The van der Waals surface area contributed by atoms with E-state index < -0.39 is 0 Å². The monoisotopic (exact) mass is 192 g/mol. The lowest BCUT2D eigenvalue weighted by Gasteiger charge is -2.15. The van der Waals surface area contributed by atoms with Crippen molar-refractivity contribution in [2.45, 2.75) is 19.4 Å². The molecular formula is C11H16N2O. The molecule has 1 N–H and O–H groups in total. The Morgan fingerprint density at radius 1 is 1.50 bits per heavy atom. The van der Waals surface area contributed by atoms with Crippen LogP contribution < -0.4 is 5.32 Å². The van der Waals surface area contributed by atoms with Crippen molar-refractivity contribution in [1.29, 1.82) is 0 Å². The minimum absolute atomic E-state index is 0.311. The Morgan fingerprint density at radius 3 is 3.21 bits per heavy atom. The van der Waals surface area contributed by atoms with Gasteiger partial charge in [0.05, 0.1) is 12.6 Å². The van der Waals surface area contributed by atoms with Crippen LogP contribution >= 0.6 is 0 Å². The van der Waals surface area contributed by atoms with Crippen LogP contribution in [0.4, 0.5) is 0 Å². The van der Waals surface area contributed by atoms with Crippen LogP contribution in [0.2, 0.25) is 0 Å². The lowest BCUT2D eigenvalue weighted by molar-refractivity contribution is 0.131. The van der Waals surface area contributed by atoms with Gasteiger partial charge in [-0.1, -0.05) is 6.07 Å². The van der Waals surface area contributed by atoms with E-state index in [1.54, 1.807) is 0 Å². The van der Waals surface area contributed by atoms with Crippen LogP contribution in [-0.2, 0) is 4.74 Å². The van der Waals surface area contributed by atoms with Crippen LogP contribution in [0, 0.1) is 6.92 Å². The topological polar surface area (TPSA) is 34.1 Å². The third kappa shape index (κ3) is 2.30. The van der Waals surface area contributed by atoms with E-state index >= 15 is 0 Å². The van der Waals surface area contributed by atoms with Gasteiger partial charge in [-0.25, -0.2) is 0 Å². The van der Waals surface area contributed by atoms with Gasteiger partial charge in [0.1, 0.15) is 0 Å². The minimum Gasteiger partial charge on any atom is -0.379 e. The quantitative estimate of drug-likeness (QED) is 0.731. The summed E-state index contributed by atoms with van der Waals surface area (Å²) in [4.78, 5) is 4.29. The smallest absolute Gasteiger partial charge is 0.0662 e. The third-order valence-electron chi connectivity index (χ3n) is 2.48. The minimum atomic E-state index is 0.311. The largest absolute Gasteiger partial charge is 0.379 e. The molecule has 76 valence electrons. The molecule has 1 aromatic heterocycles. The number of pyridine rings is 1. The summed E-state index contributed by atoms with van der Waals surface area (Å²) in [5, 5.41) is 3.45. The summed E-state index contributed by atoms with van der Waals surface area (Å²) in [6.45, 7) is 4.65. The summed E-state index contributed by atoms with van der Waals surface area (Å²) in [7, 11) is 0. The lowest BCUT2D eigenvalue weighted by Crippen LogP contribution is -2.23. The zero-order valence-corrected chi connectivity index (χ0v) is 8.49. The number of rotatable bonds is 1. The first-order valence-electron chi connectivity index (χ1n) is 5.10. The number of nitrogens with zero attached hydrogens (tertiary/aromatic N) is 1. The highest BCUT2D eigenvalue weighted by Gasteiger charge is 2.13. The Bertz CT molecular complexity index is 276. The fourth-order valence-corrected chi connectivity index (χ4v) is 1.61. The Labute approximate surface area is 84.5 Å². The van der Waals surface area contributed by atoms with Crippen molar-refractivity contribution < 1.29 is 4.74 Å². The van der Waals surface area contributed by atoms with E-state index in [0.29, 0.717) is 6.04 Å². The van der Waals surface area contributed by atoms with Crippen LogP contribution in [0.3, 0.4) is 0 Å². The first-order chi connectivity index (χ1) is 6.86. The number of nitrogens with one attached hydrogen (secondary N) is 1. The molecule has 0 spiro atoms. The van der Waals surface area contributed by atoms with Crippen molar-refractivity contribution in [2.75, 3.05) is 19.8 Å².